The SMILES string of the molecule is COC(=O)c1occ(C(=O)OC)c(=O)c1Cl. The number of carbonyl (C=O) groups excluding carboxylic acids is 2. The summed E-state index contributed by atoms with van der Waals surface area (Å²) in [6.07, 6.45) is 0.798. The van der Waals surface area contributed by atoms with Gasteiger partial charge in [-0.3, -0.25) is 4.79 Å². The highest BCUT2D eigenvalue weighted by molar-refractivity contribution is 6.33. The lowest BCUT2D eigenvalue weighted by Crippen LogP contribution is -2.19. The molecule has 0 unspecified atom stereocenters. The third-order valence-electron chi connectivity index (χ3n) is 1.71. The Hall–Kier alpha value is -1.82. The molecular weight excluding hydrogens is 240 g/mol. The maximum Gasteiger partial charge on any atom is 0.375 e. The molecule has 0 fully saturated rings. The van der Waals surface area contributed by atoms with Gasteiger partial charge in [0.25, 0.3) is 0 Å². The monoisotopic (exact) mass is 246 g/mol. The second-order valence-electron chi connectivity index (χ2n) is 2.60. The van der Waals surface area contributed by atoms with Crippen LogP contribution in [0.3, 0.4) is 0 Å². The lowest BCUT2D eigenvalue weighted by molar-refractivity contribution is 0.0549. The van der Waals surface area contributed by atoms with Gasteiger partial charge in [-0.05, 0) is 0 Å². The van der Waals surface area contributed by atoms with Crippen LogP contribution in [0.1, 0.15) is 20.9 Å². The van der Waals surface area contributed by atoms with Gasteiger partial charge in [0.05, 0.1) is 14.2 Å². The molecule has 16 heavy (non-hydrogen) atoms. The largest absolute Gasteiger partial charge is 0.465 e. The highest BCUT2D eigenvalue weighted by Crippen LogP contribution is 2.13. The van der Waals surface area contributed by atoms with E-state index >= 15 is 0 Å². The van der Waals surface area contributed by atoms with E-state index in [0.29, 0.717) is 0 Å². The van der Waals surface area contributed by atoms with Crippen molar-refractivity contribution in [3.8, 4) is 0 Å². The van der Waals surface area contributed by atoms with Gasteiger partial charge in [-0.25, -0.2) is 9.59 Å². The quantitative estimate of drug-likeness (QED) is 0.720. The van der Waals surface area contributed by atoms with Crippen molar-refractivity contribution in [1.82, 2.24) is 0 Å². The predicted molar refractivity (Wildman–Crippen MR) is 52.7 cm³/mol. The van der Waals surface area contributed by atoms with Crippen LogP contribution < -0.4 is 5.43 Å². The average molecular weight is 247 g/mol. The molecule has 0 spiro atoms. The van der Waals surface area contributed by atoms with Crippen molar-refractivity contribution in [2.24, 2.45) is 0 Å². The summed E-state index contributed by atoms with van der Waals surface area (Å²) in [5.41, 5.74) is -1.24. The molecule has 0 aliphatic heterocycles. The molecule has 1 aromatic rings. The fourth-order valence-electron chi connectivity index (χ4n) is 0.926. The van der Waals surface area contributed by atoms with Gasteiger partial charge in [0.15, 0.2) is 0 Å². The molecule has 0 saturated heterocycles. The first kappa shape index (κ1) is 12.3. The number of rotatable bonds is 2. The summed E-state index contributed by atoms with van der Waals surface area (Å²) in [6.45, 7) is 0. The van der Waals surface area contributed by atoms with E-state index in [1.165, 1.54) is 0 Å². The molecule has 0 aliphatic carbocycles. The number of hydrogen-bond donors (Lipinski definition) is 0. The molecule has 86 valence electrons. The maximum atomic E-state index is 11.5. The molecule has 0 atom stereocenters. The Bertz CT molecular complexity index is 489. The van der Waals surface area contributed by atoms with Gasteiger partial charge < -0.3 is 13.9 Å². The van der Waals surface area contributed by atoms with Crippen LogP contribution in [-0.4, -0.2) is 26.2 Å². The van der Waals surface area contributed by atoms with Crippen LogP contribution in [0.4, 0.5) is 0 Å². The Morgan fingerprint density at radius 1 is 1.25 bits per heavy atom. The van der Waals surface area contributed by atoms with Crippen LogP contribution in [0.5, 0.6) is 0 Å². The first-order chi connectivity index (χ1) is 7.52. The second-order valence-corrected chi connectivity index (χ2v) is 2.98. The van der Waals surface area contributed by atoms with E-state index in [9.17, 15) is 14.4 Å². The van der Waals surface area contributed by atoms with Crippen molar-refractivity contribution >= 4 is 23.5 Å². The molecular formula is C9H7ClO6. The molecule has 0 aliphatic rings. The average Bonchev–Trinajstić information content (AvgIpc) is 2.30. The van der Waals surface area contributed by atoms with E-state index in [2.05, 4.69) is 9.47 Å². The topological polar surface area (TPSA) is 82.8 Å². The minimum absolute atomic E-state index is 0.389. The molecule has 0 aromatic carbocycles. The summed E-state index contributed by atoms with van der Waals surface area (Å²) in [4.78, 5) is 33.7. The van der Waals surface area contributed by atoms with Crippen LogP contribution >= 0.6 is 11.6 Å². The molecule has 1 rings (SSSR count). The first-order valence-corrected chi connectivity index (χ1v) is 4.38. The van der Waals surface area contributed by atoms with E-state index in [1.54, 1.807) is 0 Å². The van der Waals surface area contributed by atoms with Gasteiger partial charge in [0.1, 0.15) is 16.8 Å². The van der Waals surface area contributed by atoms with Crippen molar-refractivity contribution in [3.63, 3.8) is 0 Å². The minimum Gasteiger partial charge on any atom is -0.465 e. The fraction of sp³-hybridized carbons (Fsp3) is 0.222. The van der Waals surface area contributed by atoms with Crippen molar-refractivity contribution in [1.29, 1.82) is 0 Å². The number of carbonyl (C=O) groups is 2. The third kappa shape index (κ3) is 2.06. The van der Waals surface area contributed by atoms with Crippen LogP contribution in [0.2, 0.25) is 5.02 Å². The molecule has 0 saturated carbocycles. The fourth-order valence-corrected chi connectivity index (χ4v) is 1.15. The molecule has 0 amide bonds. The normalized spacial score (nSPS) is 9.69. The Morgan fingerprint density at radius 3 is 2.31 bits per heavy atom. The second kappa shape index (κ2) is 4.80. The first-order valence-electron chi connectivity index (χ1n) is 4.00. The zero-order chi connectivity index (χ0) is 12.3. The zero-order valence-corrected chi connectivity index (χ0v) is 9.16. The molecule has 0 N–H and O–H groups in total. The highest BCUT2D eigenvalue weighted by Gasteiger charge is 2.22. The number of hydrogen-bond acceptors (Lipinski definition) is 6. The van der Waals surface area contributed by atoms with Gasteiger partial charge in [-0.2, -0.15) is 0 Å². The predicted octanol–water partition coefficient (Wildman–Crippen LogP) is 0.866. The standard InChI is InChI=1S/C9H7ClO6/c1-14-8(12)4-3-16-7(9(13)15-2)5(10)6(4)11/h3H,1-2H3. The van der Waals surface area contributed by atoms with Gasteiger partial charge in [0.2, 0.25) is 11.2 Å². The summed E-state index contributed by atoms with van der Waals surface area (Å²) >= 11 is 5.56. The molecule has 0 bridgehead atoms. The van der Waals surface area contributed by atoms with Crippen LogP contribution in [0, 0.1) is 0 Å². The van der Waals surface area contributed by atoms with Gasteiger partial charge in [0, 0.05) is 0 Å². The molecule has 6 nitrogen and oxygen atoms in total. The van der Waals surface area contributed by atoms with Crippen molar-refractivity contribution in [3.05, 3.63) is 32.8 Å². The van der Waals surface area contributed by atoms with Crippen LogP contribution in [0.25, 0.3) is 0 Å². The van der Waals surface area contributed by atoms with E-state index < -0.39 is 28.2 Å². The lowest BCUT2D eigenvalue weighted by atomic mass is 10.2. The van der Waals surface area contributed by atoms with Crippen molar-refractivity contribution in [2.45, 2.75) is 0 Å². The van der Waals surface area contributed by atoms with Gasteiger partial charge >= 0.3 is 11.9 Å². The summed E-state index contributed by atoms with van der Waals surface area (Å²) in [5, 5.41) is -0.519. The van der Waals surface area contributed by atoms with Crippen molar-refractivity contribution < 1.29 is 23.5 Å². The summed E-state index contributed by atoms with van der Waals surface area (Å²) in [6, 6.07) is 0. The number of methoxy groups -OCH3 is 2. The van der Waals surface area contributed by atoms with E-state index in [1.807, 2.05) is 0 Å². The van der Waals surface area contributed by atoms with Gasteiger partial charge in [-0.15, -0.1) is 0 Å². The molecule has 0 radical (unpaired) electrons. The molecule has 1 aromatic heterocycles. The molecule has 7 heteroatoms. The smallest absolute Gasteiger partial charge is 0.375 e. The van der Waals surface area contributed by atoms with Crippen LogP contribution in [0.15, 0.2) is 15.5 Å². The Morgan fingerprint density at radius 2 is 1.81 bits per heavy atom. The summed E-state index contributed by atoms with van der Waals surface area (Å²) in [5.74, 6) is -2.26. The maximum absolute atomic E-state index is 11.5. The van der Waals surface area contributed by atoms with E-state index in [4.69, 9.17) is 16.0 Å². The lowest BCUT2D eigenvalue weighted by Gasteiger charge is -2.02. The minimum atomic E-state index is -0.904. The number of halogens is 1. The Labute approximate surface area is 94.7 Å². The van der Waals surface area contributed by atoms with Crippen molar-refractivity contribution in [2.75, 3.05) is 14.2 Å². The third-order valence-corrected chi connectivity index (χ3v) is 2.06. The van der Waals surface area contributed by atoms with Crippen LogP contribution in [-0.2, 0) is 9.47 Å². The summed E-state index contributed by atoms with van der Waals surface area (Å²) in [7, 11) is 2.21. The molecule has 1 heterocycles. The summed E-state index contributed by atoms with van der Waals surface area (Å²) < 4.78 is 13.4. The van der Waals surface area contributed by atoms with E-state index in [-0.39, 0.29) is 5.56 Å². The highest BCUT2D eigenvalue weighted by atomic mass is 35.5. The number of esters is 2. The Kier molecular flexibility index (Phi) is 3.68. The zero-order valence-electron chi connectivity index (χ0n) is 8.40. The number of ether oxygens (including phenoxy) is 2. The van der Waals surface area contributed by atoms with E-state index in [0.717, 1.165) is 20.5 Å². The van der Waals surface area contributed by atoms with Gasteiger partial charge in [-0.1, -0.05) is 11.6 Å². The Balaban J connectivity index is 3.35.